The number of carbonyl (C=O) groups is 2. The molecule has 3 aromatic carbocycles. The summed E-state index contributed by atoms with van der Waals surface area (Å²) in [6.07, 6.45) is 1.75. The number of thioether (sulfide) groups is 1. The van der Waals surface area contributed by atoms with E-state index in [2.05, 4.69) is 5.32 Å². The first-order valence-corrected chi connectivity index (χ1v) is 12.2. The topological polar surface area (TPSA) is 67.9 Å². The Morgan fingerprint density at radius 3 is 2.54 bits per heavy atom. The molecule has 0 unspecified atom stereocenters. The van der Waals surface area contributed by atoms with E-state index >= 15 is 0 Å². The summed E-state index contributed by atoms with van der Waals surface area (Å²) >= 11 is 18.7. The summed E-state index contributed by atoms with van der Waals surface area (Å²) in [6.45, 7) is -0.154. The van der Waals surface area contributed by atoms with Crippen molar-refractivity contribution in [2.75, 3.05) is 23.9 Å². The highest BCUT2D eigenvalue weighted by molar-refractivity contribution is 8.27. The fraction of sp³-hybridized carbons (Fsp3) is 0.0800. The zero-order chi connectivity index (χ0) is 24.9. The number of carbonyl (C=O) groups excluding carboxylic acids is 2. The van der Waals surface area contributed by atoms with Gasteiger partial charge in [-0.3, -0.25) is 14.5 Å². The van der Waals surface area contributed by atoms with Gasteiger partial charge in [-0.1, -0.05) is 65.4 Å². The number of ether oxygens (including phenoxy) is 2. The average molecular weight is 545 g/mol. The Hall–Kier alpha value is -3.04. The summed E-state index contributed by atoms with van der Waals surface area (Å²) < 4.78 is 11.1. The zero-order valence-corrected chi connectivity index (χ0v) is 21.4. The maximum absolute atomic E-state index is 12.9. The van der Waals surface area contributed by atoms with E-state index in [-0.39, 0.29) is 18.4 Å². The molecule has 178 valence electrons. The summed E-state index contributed by atoms with van der Waals surface area (Å²) in [5, 5.41) is 3.50. The van der Waals surface area contributed by atoms with Gasteiger partial charge in [0.05, 0.1) is 27.7 Å². The van der Waals surface area contributed by atoms with Gasteiger partial charge in [0.1, 0.15) is 11.5 Å². The fourth-order valence-electron chi connectivity index (χ4n) is 3.17. The number of rotatable bonds is 7. The van der Waals surface area contributed by atoms with Crippen molar-refractivity contribution in [2.24, 2.45) is 0 Å². The summed E-state index contributed by atoms with van der Waals surface area (Å²) in [6, 6.07) is 19.0. The number of benzene rings is 3. The Labute approximate surface area is 221 Å². The van der Waals surface area contributed by atoms with Crippen LogP contribution in [0.15, 0.2) is 71.6 Å². The molecule has 0 bridgehead atoms. The van der Waals surface area contributed by atoms with Crippen molar-refractivity contribution in [1.82, 2.24) is 0 Å². The number of methoxy groups -OCH3 is 1. The number of halogens is 2. The highest BCUT2D eigenvalue weighted by Gasteiger charge is 2.33. The van der Waals surface area contributed by atoms with E-state index in [1.54, 1.807) is 79.9 Å². The molecule has 1 N–H and O–H groups in total. The third-order valence-electron chi connectivity index (χ3n) is 4.86. The number of anilines is 2. The van der Waals surface area contributed by atoms with E-state index in [1.807, 2.05) is 0 Å². The van der Waals surface area contributed by atoms with E-state index in [4.69, 9.17) is 44.9 Å². The van der Waals surface area contributed by atoms with Crippen LogP contribution in [0, 0.1) is 0 Å². The molecule has 0 aliphatic carbocycles. The lowest BCUT2D eigenvalue weighted by Gasteiger charge is -2.15. The molecule has 1 heterocycles. The molecule has 0 atom stereocenters. The molecule has 4 rings (SSSR count). The van der Waals surface area contributed by atoms with Crippen LogP contribution in [-0.4, -0.2) is 29.9 Å². The molecule has 1 fully saturated rings. The standard InChI is InChI=1S/C25H18Cl2N2O4S2/c1-32-19-4-2-3-16(12-19)28-23(30)14-33-18-8-5-15(6-9-18)11-22-24(31)29(25(34)35-22)17-7-10-20(26)21(27)13-17/h2-13H,14H2,1H3,(H,28,30)/b22-11-. The van der Waals surface area contributed by atoms with Gasteiger partial charge in [-0.15, -0.1) is 0 Å². The smallest absolute Gasteiger partial charge is 0.270 e. The Morgan fingerprint density at radius 2 is 1.83 bits per heavy atom. The quantitative estimate of drug-likeness (QED) is 0.273. The molecule has 35 heavy (non-hydrogen) atoms. The molecule has 0 spiro atoms. The predicted octanol–water partition coefficient (Wildman–Crippen LogP) is 6.43. The van der Waals surface area contributed by atoms with Gasteiger partial charge in [0.25, 0.3) is 11.8 Å². The zero-order valence-electron chi connectivity index (χ0n) is 18.3. The number of nitrogens with zero attached hydrogens (tertiary/aromatic N) is 1. The van der Waals surface area contributed by atoms with Gasteiger partial charge < -0.3 is 14.8 Å². The van der Waals surface area contributed by atoms with Crippen molar-refractivity contribution in [1.29, 1.82) is 0 Å². The van der Waals surface area contributed by atoms with Crippen molar-refractivity contribution < 1.29 is 19.1 Å². The van der Waals surface area contributed by atoms with Gasteiger partial charge in [0.15, 0.2) is 10.9 Å². The lowest BCUT2D eigenvalue weighted by atomic mass is 10.2. The summed E-state index contributed by atoms with van der Waals surface area (Å²) in [5.74, 6) is 0.626. The lowest BCUT2D eigenvalue weighted by molar-refractivity contribution is -0.118. The first kappa shape index (κ1) is 25.1. The number of thiocarbonyl (C=S) groups is 1. The van der Waals surface area contributed by atoms with Crippen LogP contribution in [0.25, 0.3) is 6.08 Å². The Morgan fingerprint density at radius 1 is 1.06 bits per heavy atom. The second-order valence-electron chi connectivity index (χ2n) is 7.25. The van der Waals surface area contributed by atoms with Crippen LogP contribution in [0.5, 0.6) is 11.5 Å². The van der Waals surface area contributed by atoms with Crippen molar-refractivity contribution in [3.63, 3.8) is 0 Å². The minimum atomic E-state index is -0.298. The first-order chi connectivity index (χ1) is 16.8. The molecule has 10 heteroatoms. The molecule has 0 aromatic heterocycles. The highest BCUT2D eigenvalue weighted by Crippen LogP contribution is 2.38. The second-order valence-corrected chi connectivity index (χ2v) is 9.74. The molecular formula is C25H18Cl2N2O4S2. The van der Waals surface area contributed by atoms with E-state index in [9.17, 15) is 9.59 Å². The van der Waals surface area contributed by atoms with E-state index in [0.717, 1.165) is 5.56 Å². The van der Waals surface area contributed by atoms with Crippen LogP contribution < -0.4 is 19.7 Å². The molecule has 1 aliphatic heterocycles. The van der Waals surface area contributed by atoms with Crippen LogP contribution in [0.2, 0.25) is 10.0 Å². The molecule has 0 saturated carbocycles. The van der Waals surface area contributed by atoms with Crippen molar-refractivity contribution in [2.45, 2.75) is 0 Å². The first-order valence-electron chi connectivity index (χ1n) is 10.2. The van der Waals surface area contributed by atoms with E-state index in [0.29, 0.717) is 42.1 Å². The Kier molecular flexibility index (Phi) is 7.97. The van der Waals surface area contributed by atoms with Gasteiger partial charge in [0.2, 0.25) is 0 Å². The van der Waals surface area contributed by atoms with Gasteiger partial charge in [-0.05, 0) is 54.1 Å². The van der Waals surface area contributed by atoms with Crippen LogP contribution >= 0.6 is 47.2 Å². The molecular weight excluding hydrogens is 527 g/mol. The van der Waals surface area contributed by atoms with Crippen LogP contribution in [0.3, 0.4) is 0 Å². The maximum Gasteiger partial charge on any atom is 0.270 e. The maximum atomic E-state index is 12.9. The third kappa shape index (κ3) is 6.15. The minimum Gasteiger partial charge on any atom is -0.497 e. The molecule has 0 radical (unpaired) electrons. The highest BCUT2D eigenvalue weighted by atomic mass is 35.5. The normalized spacial score (nSPS) is 14.4. The van der Waals surface area contributed by atoms with Crippen LogP contribution in [0.4, 0.5) is 11.4 Å². The van der Waals surface area contributed by atoms with Gasteiger partial charge >= 0.3 is 0 Å². The van der Waals surface area contributed by atoms with Crippen LogP contribution in [0.1, 0.15) is 5.56 Å². The monoisotopic (exact) mass is 544 g/mol. The van der Waals surface area contributed by atoms with Crippen molar-refractivity contribution >= 4 is 80.8 Å². The number of amides is 2. The molecule has 3 aromatic rings. The van der Waals surface area contributed by atoms with Crippen molar-refractivity contribution in [3.8, 4) is 11.5 Å². The number of hydrogen-bond donors (Lipinski definition) is 1. The molecule has 1 saturated heterocycles. The van der Waals surface area contributed by atoms with Crippen molar-refractivity contribution in [3.05, 3.63) is 87.2 Å². The predicted molar refractivity (Wildman–Crippen MR) is 146 cm³/mol. The largest absolute Gasteiger partial charge is 0.497 e. The van der Waals surface area contributed by atoms with Gasteiger partial charge in [-0.2, -0.15) is 0 Å². The minimum absolute atomic E-state index is 0.154. The SMILES string of the molecule is COc1cccc(NC(=O)COc2ccc(/C=C3\SC(=S)N(c4ccc(Cl)c(Cl)c4)C3=O)cc2)c1. The third-order valence-corrected chi connectivity index (χ3v) is 6.90. The number of hydrogen-bond acceptors (Lipinski definition) is 6. The summed E-state index contributed by atoms with van der Waals surface area (Å²) in [4.78, 5) is 27.0. The molecule has 6 nitrogen and oxygen atoms in total. The Bertz CT molecular complexity index is 1330. The van der Waals surface area contributed by atoms with E-state index in [1.165, 1.54) is 16.7 Å². The van der Waals surface area contributed by atoms with Gasteiger partial charge in [-0.25, -0.2) is 0 Å². The average Bonchev–Trinajstić information content (AvgIpc) is 3.13. The Balaban J connectivity index is 1.37. The lowest BCUT2D eigenvalue weighted by Crippen LogP contribution is -2.27. The van der Waals surface area contributed by atoms with Gasteiger partial charge in [0, 0.05) is 11.8 Å². The van der Waals surface area contributed by atoms with Crippen LogP contribution in [-0.2, 0) is 9.59 Å². The number of nitrogens with one attached hydrogen (secondary N) is 1. The summed E-state index contributed by atoms with van der Waals surface area (Å²) in [7, 11) is 1.56. The summed E-state index contributed by atoms with van der Waals surface area (Å²) in [5.41, 5.74) is 1.96. The van der Waals surface area contributed by atoms with E-state index < -0.39 is 0 Å². The molecule has 2 amide bonds. The molecule has 1 aliphatic rings. The second kappa shape index (κ2) is 11.1. The fourth-order valence-corrected chi connectivity index (χ4v) is 4.76.